The number of Topliss-reactive ketones (excluding diaryl/α,β-unsaturated/α-hetero) is 1. The standard InChI is InChI=1S/C13H15N3O3/c1-8-4-10(5-9(2)14-8)13-15-12(19-16-13)6-11(17)7-18-3/h4-5H,6-7H2,1-3H3. The Bertz CT molecular complexity index is 572. The fraction of sp³-hybridized carbons (Fsp3) is 0.385. The van der Waals surface area contributed by atoms with E-state index in [9.17, 15) is 4.79 Å². The van der Waals surface area contributed by atoms with Gasteiger partial charge >= 0.3 is 0 Å². The summed E-state index contributed by atoms with van der Waals surface area (Å²) in [6.45, 7) is 3.85. The second kappa shape index (κ2) is 5.71. The zero-order valence-electron chi connectivity index (χ0n) is 11.1. The summed E-state index contributed by atoms with van der Waals surface area (Å²) in [6, 6.07) is 3.75. The van der Waals surface area contributed by atoms with E-state index >= 15 is 0 Å². The number of nitrogens with zero attached hydrogens (tertiary/aromatic N) is 3. The zero-order valence-corrected chi connectivity index (χ0v) is 11.1. The lowest BCUT2D eigenvalue weighted by Crippen LogP contribution is -2.09. The average Bonchev–Trinajstić information content (AvgIpc) is 2.76. The summed E-state index contributed by atoms with van der Waals surface area (Å²) >= 11 is 0. The van der Waals surface area contributed by atoms with E-state index in [1.54, 1.807) is 0 Å². The number of rotatable bonds is 5. The second-order valence-electron chi connectivity index (χ2n) is 4.30. The van der Waals surface area contributed by atoms with E-state index in [0.29, 0.717) is 11.7 Å². The number of methoxy groups -OCH3 is 1. The van der Waals surface area contributed by atoms with E-state index in [0.717, 1.165) is 17.0 Å². The molecule has 0 spiro atoms. The smallest absolute Gasteiger partial charge is 0.234 e. The first-order chi connectivity index (χ1) is 9.08. The summed E-state index contributed by atoms with van der Waals surface area (Å²) < 4.78 is 9.81. The van der Waals surface area contributed by atoms with E-state index in [2.05, 4.69) is 15.1 Å². The molecule has 2 aromatic heterocycles. The lowest BCUT2D eigenvalue weighted by atomic mass is 10.2. The van der Waals surface area contributed by atoms with Gasteiger partial charge in [-0.3, -0.25) is 9.78 Å². The van der Waals surface area contributed by atoms with Crippen LogP contribution in [0.5, 0.6) is 0 Å². The van der Waals surface area contributed by atoms with Crippen LogP contribution in [0.2, 0.25) is 0 Å². The third kappa shape index (κ3) is 3.45. The first-order valence-electron chi connectivity index (χ1n) is 5.87. The molecule has 6 heteroatoms. The van der Waals surface area contributed by atoms with Crippen molar-refractivity contribution < 1.29 is 14.1 Å². The zero-order chi connectivity index (χ0) is 13.8. The van der Waals surface area contributed by atoms with Crippen LogP contribution in [0, 0.1) is 13.8 Å². The third-order valence-corrected chi connectivity index (χ3v) is 2.46. The van der Waals surface area contributed by atoms with Gasteiger partial charge < -0.3 is 9.26 Å². The lowest BCUT2D eigenvalue weighted by molar-refractivity contribution is -0.122. The summed E-state index contributed by atoms with van der Waals surface area (Å²) in [4.78, 5) is 19.9. The molecule has 0 amide bonds. The highest BCUT2D eigenvalue weighted by Crippen LogP contribution is 2.17. The Labute approximate surface area is 110 Å². The Morgan fingerprint density at radius 3 is 2.58 bits per heavy atom. The molecule has 0 saturated heterocycles. The number of carbonyl (C=O) groups excluding carboxylic acids is 1. The van der Waals surface area contributed by atoms with Crippen molar-refractivity contribution in [2.24, 2.45) is 0 Å². The molecule has 0 radical (unpaired) electrons. The van der Waals surface area contributed by atoms with Gasteiger partial charge in [-0.25, -0.2) is 0 Å². The normalized spacial score (nSPS) is 10.7. The number of hydrogen-bond acceptors (Lipinski definition) is 6. The number of ether oxygens (including phenoxy) is 1. The summed E-state index contributed by atoms with van der Waals surface area (Å²) in [5.74, 6) is 0.665. The van der Waals surface area contributed by atoms with Crippen molar-refractivity contribution in [3.05, 3.63) is 29.4 Å². The fourth-order valence-electron chi connectivity index (χ4n) is 1.79. The van der Waals surface area contributed by atoms with Gasteiger partial charge in [-0.1, -0.05) is 5.16 Å². The fourth-order valence-corrected chi connectivity index (χ4v) is 1.79. The molecule has 0 unspecified atom stereocenters. The Kier molecular flexibility index (Phi) is 4.01. The molecule has 0 atom stereocenters. The van der Waals surface area contributed by atoms with E-state index in [4.69, 9.17) is 9.26 Å². The molecule has 0 aliphatic carbocycles. The van der Waals surface area contributed by atoms with Crippen LogP contribution in [0.25, 0.3) is 11.4 Å². The maximum Gasteiger partial charge on any atom is 0.234 e. The van der Waals surface area contributed by atoms with Crippen molar-refractivity contribution in [2.45, 2.75) is 20.3 Å². The molecular formula is C13H15N3O3. The summed E-state index contributed by atoms with van der Waals surface area (Å²) in [6.07, 6.45) is 0.0872. The number of carbonyl (C=O) groups is 1. The molecule has 0 N–H and O–H groups in total. The van der Waals surface area contributed by atoms with Gasteiger partial charge in [0.1, 0.15) is 6.61 Å². The topological polar surface area (TPSA) is 78.1 Å². The van der Waals surface area contributed by atoms with Crippen molar-refractivity contribution in [1.29, 1.82) is 0 Å². The molecular weight excluding hydrogens is 246 g/mol. The van der Waals surface area contributed by atoms with Gasteiger partial charge in [0.05, 0.1) is 6.42 Å². The van der Waals surface area contributed by atoms with Gasteiger partial charge in [0.15, 0.2) is 5.78 Å². The minimum atomic E-state index is -0.0974. The number of aromatic nitrogens is 3. The van der Waals surface area contributed by atoms with Gasteiger partial charge in [0, 0.05) is 24.1 Å². The van der Waals surface area contributed by atoms with Crippen LogP contribution in [0.15, 0.2) is 16.7 Å². The quantitative estimate of drug-likeness (QED) is 0.811. The largest absolute Gasteiger partial charge is 0.377 e. The van der Waals surface area contributed by atoms with Crippen molar-refractivity contribution in [3.8, 4) is 11.4 Å². The highest BCUT2D eigenvalue weighted by atomic mass is 16.5. The van der Waals surface area contributed by atoms with Crippen LogP contribution < -0.4 is 0 Å². The van der Waals surface area contributed by atoms with Crippen LogP contribution >= 0.6 is 0 Å². The minimum Gasteiger partial charge on any atom is -0.377 e. The molecule has 0 aliphatic heterocycles. The molecule has 6 nitrogen and oxygen atoms in total. The molecule has 0 bridgehead atoms. The minimum absolute atomic E-state index is 0.0468. The van der Waals surface area contributed by atoms with Gasteiger partial charge in [0.25, 0.3) is 0 Å². The number of ketones is 1. The monoisotopic (exact) mass is 261 g/mol. The molecule has 0 saturated carbocycles. The first kappa shape index (κ1) is 13.4. The Morgan fingerprint density at radius 1 is 1.26 bits per heavy atom. The molecule has 19 heavy (non-hydrogen) atoms. The van der Waals surface area contributed by atoms with Crippen LogP contribution in [0.3, 0.4) is 0 Å². The predicted octanol–water partition coefficient (Wildman–Crippen LogP) is 1.51. The summed E-state index contributed by atoms with van der Waals surface area (Å²) in [5.41, 5.74) is 2.60. The van der Waals surface area contributed by atoms with Crippen molar-refractivity contribution >= 4 is 5.78 Å². The van der Waals surface area contributed by atoms with E-state index in [-0.39, 0.29) is 18.8 Å². The molecule has 0 aromatic carbocycles. The molecule has 100 valence electrons. The maximum absolute atomic E-state index is 11.4. The Morgan fingerprint density at radius 2 is 1.95 bits per heavy atom. The second-order valence-corrected chi connectivity index (χ2v) is 4.30. The Balaban J connectivity index is 2.18. The lowest BCUT2D eigenvalue weighted by Gasteiger charge is -1.99. The van der Waals surface area contributed by atoms with E-state index in [1.807, 2.05) is 26.0 Å². The SMILES string of the molecule is COCC(=O)Cc1nc(-c2cc(C)nc(C)c2)no1. The predicted molar refractivity (Wildman–Crippen MR) is 67.6 cm³/mol. The van der Waals surface area contributed by atoms with E-state index < -0.39 is 0 Å². The van der Waals surface area contributed by atoms with Crippen molar-refractivity contribution in [3.63, 3.8) is 0 Å². The van der Waals surface area contributed by atoms with Gasteiger partial charge in [0.2, 0.25) is 11.7 Å². The van der Waals surface area contributed by atoms with Gasteiger partial charge in [-0.2, -0.15) is 4.98 Å². The average molecular weight is 261 g/mol. The summed E-state index contributed by atoms with van der Waals surface area (Å²) in [5, 5.41) is 3.87. The van der Waals surface area contributed by atoms with Crippen molar-refractivity contribution in [2.75, 3.05) is 13.7 Å². The first-order valence-corrected chi connectivity index (χ1v) is 5.87. The van der Waals surface area contributed by atoms with Gasteiger partial charge in [-0.05, 0) is 26.0 Å². The summed E-state index contributed by atoms with van der Waals surface area (Å²) in [7, 11) is 1.47. The number of pyridine rings is 1. The van der Waals surface area contributed by atoms with Crippen LogP contribution in [-0.2, 0) is 16.0 Å². The maximum atomic E-state index is 11.4. The molecule has 2 aromatic rings. The molecule has 2 heterocycles. The molecule has 2 rings (SSSR count). The third-order valence-electron chi connectivity index (χ3n) is 2.46. The highest BCUT2D eigenvalue weighted by Gasteiger charge is 2.13. The molecule has 0 aliphatic rings. The number of hydrogen-bond donors (Lipinski definition) is 0. The van der Waals surface area contributed by atoms with Crippen LogP contribution in [0.1, 0.15) is 17.3 Å². The molecule has 0 fully saturated rings. The van der Waals surface area contributed by atoms with Crippen LogP contribution in [-0.4, -0.2) is 34.6 Å². The van der Waals surface area contributed by atoms with Crippen LogP contribution in [0.4, 0.5) is 0 Å². The van der Waals surface area contributed by atoms with Gasteiger partial charge in [-0.15, -0.1) is 0 Å². The Hall–Kier alpha value is -2.08. The highest BCUT2D eigenvalue weighted by molar-refractivity contribution is 5.81. The number of aryl methyl sites for hydroxylation is 2. The van der Waals surface area contributed by atoms with E-state index in [1.165, 1.54) is 7.11 Å². The van der Waals surface area contributed by atoms with Crippen molar-refractivity contribution in [1.82, 2.24) is 15.1 Å².